The maximum atomic E-state index is 6.16. The Labute approximate surface area is 309 Å². The summed E-state index contributed by atoms with van der Waals surface area (Å²) in [6, 6.07) is 59.0. The minimum Gasteiger partial charge on any atom is -0.438 e. The van der Waals surface area contributed by atoms with Crippen molar-refractivity contribution in [2.45, 2.75) is 0 Å². The van der Waals surface area contributed by atoms with Crippen LogP contribution in [0.25, 0.3) is 106 Å². The van der Waals surface area contributed by atoms with Gasteiger partial charge in [-0.15, -0.1) is 0 Å². The summed E-state index contributed by atoms with van der Waals surface area (Å²) in [6.45, 7) is 0. The van der Waals surface area contributed by atoms with Crippen LogP contribution in [-0.2, 0) is 0 Å². The van der Waals surface area contributed by atoms with Crippen LogP contribution < -0.4 is 0 Å². The molecule has 252 valence electrons. The largest absolute Gasteiger partial charge is 0.438 e. The fourth-order valence-electron chi connectivity index (χ4n) is 7.74. The molecule has 11 aromatic rings. The van der Waals surface area contributed by atoms with Gasteiger partial charge in [0, 0.05) is 44.7 Å². The second-order valence-electron chi connectivity index (χ2n) is 13.5. The molecule has 7 aromatic carbocycles. The van der Waals surface area contributed by atoms with Crippen LogP contribution in [0.4, 0.5) is 0 Å². The van der Waals surface area contributed by atoms with Crippen molar-refractivity contribution in [3.8, 4) is 51.0 Å². The number of furan rings is 1. The van der Waals surface area contributed by atoms with Crippen molar-refractivity contribution in [3.63, 3.8) is 0 Å². The summed E-state index contributed by atoms with van der Waals surface area (Å²) >= 11 is 0. The van der Waals surface area contributed by atoms with Gasteiger partial charge < -0.3 is 8.98 Å². The number of hydrogen-bond donors (Lipinski definition) is 0. The zero-order valence-corrected chi connectivity index (χ0v) is 28.9. The SMILES string of the molecule is c1ccc(-c2ccc3cc(-c4nc(-c5ccc(-n6c7ccccc7c7ccccc76)cc5)nc(-c5ccnc6oc7ccccc7c56)n4)ccc3c2)cc1. The van der Waals surface area contributed by atoms with E-state index >= 15 is 0 Å². The Hall–Kier alpha value is -7.44. The maximum absolute atomic E-state index is 6.16. The topological polar surface area (TPSA) is 69.6 Å². The van der Waals surface area contributed by atoms with Crippen molar-refractivity contribution in [3.05, 3.63) is 176 Å². The first-order chi connectivity index (χ1) is 26.7. The van der Waals surface area contributed by atoms with Gasteiger partial charge >= 0.3 is 0 Å². The molecular weight excluding hydrogens is 663 g/mol. The van der Waals surface area contributed by atoms with Crippen LogP contribution in [0.1, 0.15) is 0 Å². The highest BCUT2D eigenvalue weighted by atomic mass is 16.3. The normalized spacial score (nSPS) is 11.7. The Morgan fingerprint density at radius 2 is 1.00 bits per heavy atom. The molecule has 0 aliphatic rings. The first-order valence-electron chi connectivity index (χ1n) is 18.0. The van der Waals surface area contributed by atoms with E-state index in [2.05, 4.69) is 149 Å². The molecular formula is C48H29N5O. The molecule has 0 saturated carbocycles. The number of rotatable bonds is 5. The number of benzene rings is 7. The van der Waals surface area contributed by atoms with Gasteiger partial charge in [0.2, 0.25) is 5.71 Å². The van der Waals surface area contributed by atoms with Gasteiger partial charge in [-0.25, -0.2) is 19.9 Å². The molecule has 0 bridgehead atoms. The molecule has 6 nitrogen and oxygen atoms in total. The van der Waals surface area contributed by atoms with E-state index in [0.29, 0.717) is 23.2 Å². The van der Waals surface area contributed by atoms with Gasteiger partial charge in [0.15, 0.2) is 17.5 Å². The maximum Gasteiger partial charge on any atom is 0.228 e. The highest BCUT2D eigenvalue weighted by molar-refractivity contribution is 6.11. The number of fused-ring (bicyclic) bond motifs is 7. The van der Waals surface area contributed by atoms with E-state index in [9.17, 15) is 0 Å². The summed E-state index contributed by atoms with van der Waals surface area (Å²) in [5, 5.41) is 6.56. The third kappa shape index (κ3) is 4.89. The van der Waals surface area contributed by atoms with Gasteiger partial charge in [-0.1, -0.05) is 109 Å². The second kappa shape index (κ2) is 12.1. The van der Waals surface area contributed by atoms with Crippen molar-refractivity contribution in [1.29, 1.82) is 0 Å². The molecule has 0 spiro atoms. The van der Waals surface area contributed by atoms with E-state index in [4.69, 9.17) is 19.4 Å². The number of pyridine rings is 1. The van der Waals surface area contributed by atoms with Crippen LogP contribution in [-0.4, -0.2) is 24.5 Å². The zero-order valence-electron chi connectivity index (χ0n) is 28.9. The number of para-hydroxylation sites is 3. The zero-order chi connectivity index (χ0) is 35.6. The molecule has 54 heavy (non-hydrogen) atoms. The molecule has 0 fully saturated rings. The summed E-state index contributed by atoms with van der Waals surface area (Å²) in [4.78, 5) is 20.0. The highest BCUT2D eigenvalue weighted by Gasteiger charge is 2.19. The summed E-state index contributed by atoms with van der Waals surface area (Å²) in [7, 11) is 0. The van der Waals surface area contributed by atoms with E-state index in [0.717, 1.165) is 60.5 Å². The summed E-state index contributed by atoms with van der Waals surface area (Å²) in [6.07, 6.45) is 1.75. The quantitative estimate of drug-likeness (QED) is 0.180. The van der Waals surface area contributed by atoms with Gasteiger partial charge in [0.1, 0.15) is 5.58 Å². The Balaban J connectivity index is 1.07. The van der Waals surface area contributed by atoms with E-state index in [1.54, 1.807) is 6.20 Å². The van der Waals surface area contributed by atoms with Crippen molar-refractivity contribution in [2.24, 2.45) is 0 Å². The van der Waals surface area contributed by atoms with Crippen molar-refractivity contribution >= 4 is 54.6 Å². The molecule has 0 saturated heterocycles. The predicted octanol–water partition coefficient (Wildman–Crippen LogP) is 12.1. The second-order valence-corrected chi connectivity index (χ2v) is 13.5. The number of aromatic nitrogens is 5. The van der Waals surface area contributed by atoms with Gasteiger partial charge in [0.05, 0.1) is 16.4 Å². The van der Waals surface area contributed by atoms with Gasteiger partial charge in [-0.05, 0) is 82.6 Å². The molecule has 4 aromatic heterocycles. The fourth-order valence-corrected chi connectivity index (χ4v) is 7.74. The van der Waals surface area contributed by atoms with Gasteiger partial charge in [-0.3, -0.25) is 0 Å². The van der Waals surface area contributed by atoms with Crippen LogP contribution in [0.5, 0.6) is 0 Å². The van der Waals surface area contributed by atoms with E-state index in [-0.39, 0.29) is 0 Å². The summed E-state index contributed by atoms with van der Waals surface area (Å²) in [5.74, 6) is 1.73. The average molecular weight is 692 g/mol. The Morgan fingerprint density at radius 3 is 1.74 bits per heavy atom. The van der Waals surface area contributed by atoms with Crippen molar-refractivity contribution < 1.29 is 4.42 Å². The van der Waals surface area contributed by atoms with Crippen LogP contribution >= 0.6 is 0 Å². The molecule has 6 heteroatoms. The molecule has 0 aliphatic carbocycles. The predicted molar refractivity (Wildman–Crippen MR) is 218 cm³/mol. The third-order valence-corrected chi connectivity index (χ3v) is 10.3. The van der Waals surface area contributed by atoms with Crippen LogP contribution in [0.15, 0.2) is 180 Å². The molecule has 0 N–H and O–H groups in total. The lowest BCUT2D eigenvalue weighted by atomic mass is 10.00. The van der Waals surface area contributed by atoms with Crippen LogP contribution in [0, 0.1) is 0 Å². The van der Waals surface area contributed by atoms with Gasteiger partial charge in [-0.2, -0.15) is 0 Å². The molecule has 11 rings (SSSR count). The van der Waals surface area contributed by atoms with Crippen molar-refractivity contribution in [2.75, 3.05) is 0 Å². The molecule has 0 amide bonds. The fraction of sp³-hybridized carbons (Fsp3) is 0. The first-order valence-corrected chi connectivity index (χ1v) is 18.0. The summed E-state index contributed by atoms with van der Waals surface area (Å²) < 4.78 is 8.47. The van der Waals surface area contributed by atoms with E-state index < -0.39 is 0 Å². The molecule has 0 atom stereocenters. The lowest BCUT2D eigenvalue weighted by molar-refractivity contribution is 0.654. The molecule has 0 unspecified atom stereocenters. The monoisotopic (exact) mass is 691 g/mol. The first kappa shape index (κ1) is 30.2. The minimum absolute atomic E-state index is 0.549. The number of hydrogen-bond acceptors (Lipinski definition) is 5. The standard InChI is InChI=1S/C48H29N5O/c1-2-10-30(11-3-1)32-18-19-34-29-35(21-20-33(34)28-32)46-50-45(51-47(52-46)40-26-27-49-48-44(40)39-14-6-9-17-43(39)54-48)31-22-24-36(25-23-31)53-41-15-7-4-12-37(41)38-13-5-8-16-42(38)53/h1-29H. The Morgan fingerprint density at radius 1 is 0.426 bits per heavy atom. The number of nitrogens with zero attached hydrogens (tertiary/aromatic N) is 5. The molecule has 0 radical (unpaired) electrons. The Bertz CT molecular complexity index is 3160. The van der Waals surface area contributed by atoms with Crippen LogP contribution in [0.2, 0.25) is 0 Å². The van der Waals surface area contributed by atoms with Crippen molar-refractivity contribution in [1.82, 2.24) is 24.5 Å². The highest BCUT2D eigenvalue weighted by Crippen LogP contribution is 2.37. The average Bonchev–Trinajstić information content (AvgIpc) is 3.80. The summed E-state index contributed by atoms with van der Waals surface area (Å²) in [5.41, 5.74) is 9.72. The smallest absolute Gasteiger partial charge is 0.228 e. The van der Waals surface area contributed by atoms with Crippen LogP contribution in [0.3, 0.4) is 0 Å². The third-order valence-electron chi connectivity index (χ3n) is 10.3. The van der Waals surface area contributed by atoms with E-state index in [1.807, 2.05) is 30.3 Å². The minimum atomic E-state index is 0.549. The Kier molecular flexibility index (Phi) is 6.75. The lowest BCUT2D eigenvalue weighted by Crippen LogP contribution is -2.01. The van der Waals surface area contributed by atoms with E-state index in [1.165, 1.54) is 21.9 Å². The van der Waals surface area contributed by atoms with Gasteiger partial charge in [0.25, 0.3) is 0 Å². The molecule has 4 heterocycles. The lowest BCUT2D eigenvalue weighted by Gasteiger charge is -2.11. The molecule has 0 aliphatic heterocycles.